The number of carbonyl (C=O) groups is 1. The summed E-state index contributed by atoms with van der Waals surface area (Å²) in [6.45, 7) is -0.557. The van der Waals surface area contributed by atoms with E-state index in [1.165, 1.54) is 0 Å². The molecule has 0 unspecified atom stereocenters. The van der Waals surface area contributed by atoms with Crippen molar-refractivity contribution in [1.29, 1.82) is 0 Å². The predicted molar refractivity (Wildman–Crippen MR) is 72.4 cm³/mol. The Hall–Kier alpha value is -1.71. The number of aliphatic hydroxyl groups is 4. The van der Waals surface area contributed by atoms with Crippen molar-refractivity contribution in [2.24, 2.45) is 0 Å². The summed E-state index contributed by atoms with van der Waals surface area (Å²) in [5, 5.41) is 43.1. The number of hydrogen-bond donors (Lipinski definition) is 6. The summed E-state index contributed by atoms with van der Waals surface area (Å²) in [4.78, 5) is 11.8. The number of rotatable bonds is 3. The number of carbonyl (C=O) groups excluding carboxylic acids is 1. The molecule has 5 atom stereocenters. The molecule has 0 bridgehead atoms. The minimum Gasteiger partial charge on any atom is -0.394 e. The fourth-order valence-corrected chi connectivity index (χ4v) is 2.09. The first kappa shape index (κ1) is 15.7. The lowest BCUT2D eigenvalue weighted by Crippen LogP contribution is -2.64. The minimum absolute atomic E-state index is 0.532. The Labute approximate surface area is 121 Å². The van der Waals surface area contributed by atoms with Crippen molar-refractivity contribution >= 4 is 11.7 Å². The summed E-state index contributed by atoms with van der Waals surface area (Å²) in [5.74, 6) is 0. The molecule has 0 saturated carbocycles. The van der Waals surface area contributed by atoms with Crippen molar-refractivity contribution in [2.45, 2.75) is 30.6 Å². The highest BCUT2D eigenvalue weighted by atomic mass is 16.6. The summed E-state index contributed by atoms with van der Waals surface area (Å²) < 4.78 is 4.93. The van der Waals surface area contributed by atoms with Crippen molar-refractivity contribution in [2.75, 3.05) is 11.9 Å². The maximum atomic E-state index is 11.8. The van der Waals surface area contributed by atoms with Crippen molar-refractivity contribution in [3.63, 3.8) is 0 Å². The van der Waals surface area contributed by atoms with E-state index >= 15 is 0 Å². The third-order valence-electron chi connectivity index (χ3n) is 3.23. The highest BCUT2D eigenvalue weighted by Gasteiger charge is 2.44. The van der Waals surface area contributed by atoms with E-state index in [2.05, 4.69) is 10.6 Å². The molecule has 2 amide bonds. The van der Waals surface area contributed by atoms with Gasteiger partial charge in [0, 0.05) is 5.69 Å². The van der Waals surface area contributed by atoms with Gasteiger partial charge in [-0.25, -0.2) is 4.79 Å². The van der Waals surface area contributed by atoms with Crippen LogP contribution in [0.2, 0.25) is 0 Å². The first-order valence-corrected chi connectivity index (χ1v) is 6.46. The number of nitrogens with one attached hydrogen (secondary N) is 2. The van der Waals surface area contributed by atoms with Gasteiger partial charge in [0.05, 0.1) is 6.61 Å². The average molecular weight is 298 g/mol. The molecule has 21 heavy (non-hydrogen) atoms. The van der Waals surface area contributed by atoms with Gasteiger partial charge < -0.3 is 35.8 Å². The van der Waals surface area contributed by atoms with Crippen LogP contribution in [0, 0.1) is 0 Å². The Morgan fingerprint density at radius 2 is 1.81 bits per heavy atom. The van der Waals surface area contributed by atoms with E-state index in [0.29, 0.717) is 5.69 Å². The molecular weight excluding hydrogens is 280 g/mol. The summed E-state index contributed by atoms with van der Waals surface area (Å²) in [6, 6.07) is 6.71. The van der Waals surface area contributed by atoms with Crippen LogP contribution in [0.3, 0.4) is 0 Å². The van der Waals surface area contributed by atoms with Crippen LogP contribution in [0.1, 0.15) is 0 Å². The standard InChI is InChI=1S/C13H18N2O6/c16-6-8-10(17)11(18)9(12(19)21-8)15-13(20)14-7-4-2-1-3-5-7/h1-5,8-12,16-19H,6H2,(H2,14,15,20)/t8-,9-,10-,11-,12-/m1/s1. The molecule has 0 radical (unpaired) electrons. The fourth-order valence-electron chi connectivity index (χ4n) is 2.09. The third-order valence-corrected chi connectivity index (χ3v) is 3.23. The molecule has 8 nitrogen and oxygen atoms in total. The van der Waals surface area contributed by atoms with Crippen LogP contribution < -0.4 is 10.6 Å². The predicted octanol–water partition coefficient (Wildman–Crippen LogP) is -1.39. The molecule has 8 heteroatoms. The van der Waals surface area contributed by atoms with Crippen LogP contribution in [0.5, 0.6) is 0 Å². The zero-order chi connectivity index (χ0) is 15.4. The number of anilines is 1. The van der Waals surface area contributed by atoms with Gasteiger partial charge in [0.25, 0.3) is 0 Å². The molecule has 0 aliphatic carbocycles. The van der Waals surface area contributed by atoms with Crippen LogP contribution in [-0.2, 0) is 4.74 Å². The first-order valence-electron chi connectivity index (χ1n) is 6.46. The maximum Gasteiger partial charge on any atom is 0.319 e. The second kappa shape index (κ2) is 6.83. The Bertz CT molecular complexity index is 471. The Morgan fingerprint density at radius 1 is 1.14 bits per heavy atom. The molecule has 116 valence electrons. The van der Waals surface area contributed by atoms with E-state index in [4.69, 9.17) is 9.84 Å². The van der Waals surface area contributed by atoms with Gasteiger partial charge in [0.15, 0.2) is 6.29 Å². The molecule has 1 saturated heterocycles. The summed E-state index contributed by atoms with van der Waals surface area (Å²) in [6.07, 6.45) is -5.53. The maximum absolute atomic E-state index is 11.8. The van der Waals surface area contributed by atoms with Crippen LogP contribution in [0.25, 0.3) is 0 Å². The van der Waals surface area contributed by atoms with Crippen molar-refractivity contribution in [3.05, 3.63) is 30.3 Å². The van der Waals surface area contributed by atoms with Gasteiger partial charge in [-0.1, -0.05) is 18.2 Å². The molecule has 1 aliphatic rings. The summed E-state index contributed by atoms with van der Waals surface area (Å²) in [5.41, 5.74) is 0.532. The molecular formula is C13H18N2O6. The van der Waals surface area contributed by atoms with Gasteiger partial charge in [0.2, 0.25) is 0 Å². The summed E-state index contributed by atoms with van der Waals surface area (Å²) >= 11 is 0. The Morgan fingerprint density at radius 3 is 2.43 bits per heavy atom. The van der Waals surface area contributed by atoms with E-state index in [1.54, 1.807) is 30.3 Å². The smallest absolute Gasteiger partial charge is 0.319 e. The average Bonchev–Trinajstić information content (AvgIpc) is 2.48. The van der Waals surface area contributed by atoms with Gasteiger partial charge in [-0.2, -0.15) is 0 Å². The molecule has 2 rings (SSSR count). The molecule has 0 aromatic heterocycles. The van der Waals surface area contributed by atoms with Crippen molar-refractivity contribution < 1.29 is 30.0 Å². The number of ether oxygens (including phenoxy) is 1. The molecule has 1 aromatic carbocycles. The quantitative estimate of drug-likeness (QED) is 0.407. The zero-order valence-corrected chi connectivity index (χ0v) is 11.1. The Kier molecular flexibility index (Phi) is 5.10. The number of para-hydroxylation sites is 1. The lowest BCUT2D eigenvalue weighted by molar-refractivity contribution is -0.252. The normalized spacial score (nSPS) is 32.5. The number of urea groups is 1. The third kappa shape index (κ3) is 3.69. The molecule has 0 spiro atoms. The lowest BCUT2D eigenvalue weighted by Gasteiger charge is -2.40. The van der Waals surface area contributed by atoms with Crippen LogP contribution in [0.15, 0.2) is 30.3 Å². The van der Waals surface area contributed by atoms with Crippen LogP contribution in [0.4, 0.5) is 10.5 Å². The molecule has 1 heterocycles. The fraction of sp³-hybridized carbons (Fsp3) is 0.462. The van der Waals surface area contributed by atoms with E-state index < -0.39 is 43.3 Å². The molecule has 1 aromatic rings. The van der Waals surface area contributed by atoms with Gasteiger partial charge in [0.1, 0.15) is 24.4 Å². The van der Waals surface area contributed by atoms with Crippen LogP contribution in [-0.4, -0.2) is 63.7 Å². The Balaban J connectivity index is 1.96. The highest BCUT2D eigenvalue weighted by Crippen LogP contribution is 2.19. The highest BCUT2D eigenvalue weighted by molar-refractivity contribution is 5.89. The van der Waals surface area contributed by atoms with E-state index in [0.717, 1.165) is 0 Å². The molecule has 1 fully saturated rings. The number of benzene rings is 1. The van der Waals surface area contributed by atoms with Gasteiger partial charge in [-0.15, -0.1) is 0 Å². The lowest BCUT2D eigenvalue weighted by atomic mass is 9.97. The number of amides is 2. The summed E-state index contributed by atoms with van der Waals surface area (Å²) in [7, 11) is 0. The second-order valence-corrected chi connectivity index (χ2v) is 4.72. The number of hydrogen-bond acceptors (Lipinski definition) is 6. The van der Waals surface area contributed by atoms with Gasteiger partial charge in [-0.05, 0) is 12.1 Å². The molecule has 6 N–H and O–H groups in total. The van der Waals surface area contributed by atoms with E-state index in [-0.39, 0.29) is 0 Å². The van der Waals surface area contributed by atoms with Gasteiger partial charge in [-0.3, -0.25) is 0 Å². The minimum atomic E-state index is -1.54. The second-order valence-electron chi connectivity index (χ2n) is 4.72. The van der Waals surface area contributed by atoms with Crippen molar-refractivity contribution in [1.82, 2.24) is 5.32 Å². The largest absolute Gasteiger partial charge is 0.394 e. The topological polar surface area (TPSA) is 131 Å². The van der Waals surface area contributed by atoms with Gasteiger partial charge >= 0.3 is 6.03 Å². The molecule has 1 aliphatic heterocycles. The SMILES string of the molecule is O=C(Nc1ccccc1)N[C@@H]1[C@@H](O)[C@H](O)[C@@H](CO)O[C@H]1O. The van der Waals surface area contributed by atoms with Crippen LogP contribution >= 0.6 is 0 Å². The monoisotopic (exact) mass is 298 g/mol. The zero-order valence-electron chi connectivity index (χ0n) is 11.1. The first-order chi connectivity index (χ1) is 10.0. The number of aliphatic hydroxyl groups excluding tert-OH is 4. The van der Waals surface area contributed by atoms with E-state index in [9.17, 15) is 20.1 Å². The van der Waals surface area contributed by atoms with E-state index in [1.807, 2.05) is 0 Å². The van der Waals surface area contributed by atoms with Crippen molar-refractivity contribution in [3.8, 4) is 0 Å².